The summed E-state index contributed by atoms with van der Waals surface area (Å²) in [6.45, 7) is 4.03. The van der Waals surface area contributed by atoms with Gasteiger partial charge in [-0.3, -0.25) is 0 Å². The van der Waals surface area contributed by atoms with Gasteiger partial charge < -0.3 is 30.3 Å². The zero-order chi connectivity index (χ0) is 22.9. The van der Waals surface area contributed by atoms with Gasteiger partial charge in [-0.25, -0.2) is 0 Å². The molecule has 1 heterocycles. The van der Waals surface area contributed by atoms with Crippen LogP contribution in [0.1, 0.15) is 65.5 Å². The van der Waals surface area contributed by atoms with Gasteiger partial charge in [0.15, 0.2) is 11.5 Å². The van der Waals surface area contributed by atoms with E-state index in [1.807, 2.05) is 26.4 Å². The molecule has 5 N–H and O–H groups in total. The number of hydrogen-bond acceptors (Lipinski definition) is 8. The summed E-state index contributed by atoms with van der Waals surface area (Å²) >= 11 is 3.15. The van der Waals surface area contributed by atoms with Crippen LogP contribution in [0.25, 0.3) is 0 Å². The molecule has 4 atom stereocenters. The molecule has 8 heteroatoms. The fourth-order valence-corrected chi connectivity index (χ4v) is 5.81. The summed E-state index contributed by atoms with van der Waals surface area (Å²) < 4.78 is 6.22. The molecule has 0 spiro atoms. The highest BCUT2D eigenvalue weighted by Crippen LogP contribution is 2.56. The van der Waals surface area contributed by atoms with E-state index in [0.29, 0.717) is 28.0 Å². The van der Waals surface area contributed by atoms with Crippen molar-refractivity contribution in [1.29, 1.82) is 0 Å². The Hall–Kier alpha value is -1.90. The molecule has 170 valence electrons. The van der Waals surface area contributed by atoms with E-state index in [4.69, 9.17) is 4.74 Å². The maximum Gasteiger partial charge on any atom is 0.157 e. The minimum Gasteiger partial charge on any atom is -0.507 e. The summed E-state index contributed by atoms with van der Waals surface area (Å²) in [5, 5.41) is 52.6. The van der Waals surface area contributed by atoms with Gasteiger partial charge >= 0.3 is 0 Å². The molecule has 0 bridgehead atoms. The van der Waals surface area contributed by atoms with Crippen LogP contribution in [0.3, 0.4) is 0 Å². The van der Waals surface area contributed by atoms with Crippen molar-refractivity contribution in [2.24, 2.45) is 0 Å². The Balaban J connectivity index is 2.22. The first-order valence-corrected chi connectivity index (χ1v) is 12.9. The average Bonchev–Trinajstić information content (AvgIpc) is 2.76. The number of phenolic OH excluding ortho intramolecular Hbond substituents is 4. The molecule has 2 aromatic carbocycles. The molecule has 0 saturated heterocycles. The fraction of sp³-hybridized carbons (Fsp3) is 0.478. The van der Waals surface area contributed by atoms with Gasteiger partial charge in [-0.15, -0.1) is 0 Å². The smallest absolute Gasteiger partial charge is 0.157 e. The number of aliphatic hydroxyl groups is 1. The maximum absolute atomic E-state index is 11.3. The minimum atomic E-state index is -0.976. The highest BCUT2D eigenvalue weighted by Gasteiger charge is 2.38. The summed E-state index contributed by atoms with van der Waals surface area (Å²) in [4.78, 5) is 0. The van der Waals surface area contributed by atoms with E-state index in [1.165, 1.54) is 12.1 Å². The monoisotopic (exact) mass is 466 g/mol. The minimum absolute atomic E-state index is 0.0283. The number of fused-ring (bicyclic) bond motifs is 1. The number of aliphatic hydroxyl groups excluding tert-OH is 1. The molecule has 0 radical (unpaired) electrons. The van der Waals surface area contributed by atoms with E-state index in [9.17, 15) is 25.5 Å². The van der Waals surface area contributed by atoms with Crippen LogP contribution in [-0.2, 0) is 6.42 Å². The van der Waals surface area contributed by atoms with Gasteiger partial charge in [-0.2, -0.15) is 23.5 Å². The Morgan fingerprint density at radius 3 is 2.10 bits per heavy atom. The summed E-state index contributed by atoms with van der Waals surface area (Å²) in [6, 6.07) is 4.28. The Morgan fingerprint density at radius 1 is 0.935 bits per heavy atom. The standard InChI is InChI=1S/C23H30O6S2/c1-5-16(30-3)18-20(27)12-10-15(26)22(11-7-8-13(24)14(25)9-11)29-23(12)19(21(18)28)17(6-2)31-4/h7-9,15-17,22,24-28H,5-6,10H2,1-4H3/t15-,16?,17?,22+/m0/s1. The van der Waals surface area contributed by atoms with Crippen LogP contribution in [-0.4, -0.2) is 44.1 Å². The maximum atomic E-state index is 11.3. The Labute approximate surface area is 191 Å². The highest BCUT2D eigenvalue weighted by atomic mass is 32.2. The lowest BCUT2D eigenvalue weighted by molar-refractivity contribution is 0.0188. The molecule has 6 nitrogen and oxygen atoms in total. The molecule has 31 heavy (non-hydrogen) atoms. The van der Waals surface area contributed by atoms with Crippen LogP contribution in [0.5, 0.6) is 28.7 Å². The van der Waals surface area contributed by atoms with Gasteiger partial charge in [0, 0.05) is 33.6 Å². The second kappa shape index (κ2) is 9.71. The van der Waals surface area contributed by atoms with Crippen LogP contribution in [0.2, 0.25) is 0 Å². The van der Waals surface area contributed by atoms with Crippen LogP contribution >= 0.6 is 23.5 Å². The van der Waals surface area contributed by atoms with Crippen LogP contribution in [0.4, 0.5) is 0 Å². The first-order chi connectivity index (χ1) is 14.8. The van der Waals surface area contributed by atoms with E-state index < -0.39 is 12.2 Å². The van der Waals surface area contributed by atoms with E-state index in [-0.39, 0.29) is 39.9 Å². The molecule has 0 saturated carbocycles. The lowest BCUT2D eigenvalue weighted by Crippen LogP contribution is -2.31. The van der Waals surface area contributed by atoms with Gasteiger partial charge in [-0.1, -0.05) is 19.9 Å². The zero-order valence-electron chi connectivity index (χ0n) is 18.1. The van der Waals surface area contributed by atoms with Crippen molar-refractivity contribution >= 4 is 23.5 Å². The van der Waals surface area contributed by atoms with Crippen molar-refractivity contribution in [2.75, 3.05) is 12.5 Å². The normalized spacial score (nSPS) is 20.0. The van der Waals surface area contributed by atoms with E-state index in [0.717, 1.165) is 12.8 Å². The number of benzene rings is 2. The number of thioether (sulfide) groups is 2. The molecule has 0 aromatic heterocycles. The van der Waals surface area contributed by atoms with Crippen LogP contribution in [0.15, 0.2) is 18.2 Å². The number of aromatic hydroxyl groups is 4. The third-order valence-electron chi connectivity index (χ3n) is 5.86. The highest BCUT2D eigenvalue weighted by molar-refractivity contribution is 7.99. The molecule has 2 aromatic rings. The van der Waals surface area contributed by atoms with Gasteiger partial charge in [0.2, 0.25) is 0 Å². The molecule has 1 aliphatic rings. The molecule has 1 aliphatic heterocycles. The topological polar surface area (TPSA) is 110 Å². The lowest BCUT2D eigenvalue weighted by Gasteiger charge is -2.35. The van der Waals surface area contributed by atoms with Crippen molar-refractivity contribution in [3.63, 3.8) is 0 Å². The van der Waals surface area contributed by atoms with E-state index in [2.05, 4.69) is 0 Å². The van der Waals surface area contributed by atoms with Gasteiger partial charge in [0.1, 0.15) is 23.4 Å². The first-order valence-electron chi connectivity index (χ1n) is 10.3. The molecule has 3 rings (SSSR count). The first kappa shape index (κ1) is 23.8. The van der Waals surface area contributed by atoms with Crippen LogP contribution < -0.4 is 4.74 Å². The van der Waals surface area contributed by atoms with Crippen LogP contribution in [0, 0.1) is 0 Å². The summed E-state index contributed by atoms with van der Waals surface area (Å²) in [7, 11) is 0. The third-order valence-corrected chi connectivity index (χ3v) is 8.14. The molecular formula is C23H30O6S2. The SMILES string of the molecule is CCC(SC)c1c(O)c2c(c(C(CC)SC)c1O)O[C@H](c1ccc(O)c(O)c1)[C@@H](O)C2. The average molecular weight is 467 g/mol. The molecule has 2 unspecified atom stereocenters. The number of rotatable bonds is 7. The second-order valence-electron chi connectivity index (χ2n) is 7.66. The van der Waals surface area contributed by atoms with Crippen molar-refractivity contribution < 1.29 is 30.3 Å². The van der Waals surface area contributed by atoms with E-state index in [1.54, 1.807) is 29.6 Å². The van der Waals surface area contributed by atoms with E-state index >= 15 is 0 Å². The van der Waals surface area contributed by atoms with Crippen molar-refractivity contribution in [3.8, 4) is 28.7 Å². The summed E-state index contributed by atoms with van der Waals surface area (Å²) in [5.41, 5.74) is 2.11. The van der Waals surface area contributed by atoms with Gasteiger partial charge in [0.05, 0.1) is 6.10 Å². The van der Waals surface area contributed by atoms with Crippen molar-refractivity contribution in [2.45, 2.75) is 55.8 Å². The van der Waals surface area contributed by atoms with Crippen molar-refractivity contribution in [3.05, 3.63) is 40.5 Å². The molecule has 0 amide bonds. The quantitative estimate of drug-likeness (QED) is 0.355. The van der Waals surface area contributed by atoms with Gasteiger partial charge in [0.25, 0.3) is 0 Å². The predicted molar refractivity (Wildman–Crippen MR) is 126 cm³/mol. The third kappa shape index (κ3) is 4.25. The number of ether oxygens (including phenoxy) is 1. The predicted octanol–water partition coefficient (Wildman–Crippen LogP) is 5.17. The molecule has 0 fully saturated rings. The Bertz CT molecular complexity index is 940. The molecule has 0 aliphatic carbocycles. The fourth-order valence-electron chi connectivity index (χ4n) is 4.23. The summed E-state index contributed by atoms with van der Waals surface area (Å²) in [6.07, 6.45) is 3.74. The largest absolute Gasteiger partial charge is 0.507 e. The lowest BCUT2D eigenvalue weighted by atomic mass is 9.88. The number of hydrogen-bond donors (Lipinski definition) is 5. The number of phenols is 4. The van der Waals surface area contributed by atoms with Gasteiger partial charge in [-0.05, 0) is 43.0 Å². The second-order valence-corrected chi connectivity index (χ2v) is 9.74. The Kier molecular flexibility index (Phi) is 7.44. The van der Waals surface area contributed by atoms with Crippen molar-refractivity contribution in [1.82, 2.24) is 0 Å². The summed E-state index contributed by atoms with van der Waals surface area (Å²) in [5.74, 6) is -0.159. The Morgan fingerprint density at radius 2 is 1.55 bits per heavy atom. The zero-order valence-corrected chi connectivity index (χ0v) is 19.8. The molecular weight excluding hydrogens is 436 g/mol.